The highest BCUT2D eigenvalue weighted by atomic mass is 19.1. The van der Waals surface area contributed by atoms with Crippen LogP contribution in [0.4, 0.5) is 10.1 Å². The largest absolute Gasteiger partial charge is 0.508 e. The number of aliphatic hydroxyl groups excluding tert-OH is 2. The SMILES string of the molecule is COC[C@@H]1CCCN1CC(=O)Nc1cc(F)c2c(c1O)C(O)=C1C(=O)[C@]3(O)C(O)=C(C(N)=O)C(=O)C[C@@H]3CC1C2. The van der Waals surface area contributed by atoms with Gasteiger partial charge in [-0.1, -0.05) is 0 Å². The summed E-state index contributed by atoms with van der Waals surface area (Å²) >= 11 is 0. The average Bonchev–Trinajstić information content (AvgIpc) is 3.30. The van der Waals surface area contributed by atoms with E-state index in [9.17, 15) is 39.6 Å². The summed E-state index contributed by atoms with van der Waals surface area (Å²) in [5, 5.41) is 46.6. The number of carbonyl (C=O) groups excluding carboxylic acids is 4. The van der Waals surface area contributed by atoms with E-state index in [1.807, 2.05) is 4.90 Å². The molecule has 2 fully saturated rings. The minimum Gasteiger partial charge on any atom is -0.508 e. The van der Waals surface area contributed by atoms with Crippen LogP contribution in [0.1, 0.15) is 36.8 Å². The van der Waals surface area contributed by atoms with Crippen molar-refractivity contribution in [1.29, 1.82) is 0 Å². The van der Waals surface area contributed by atoms with Gasteiger partial charge in [-0.15, -0.1) is 0 Å². The van der Waals surface area contributed by atoms with Crippen molar-refractivity contribution in [3.63, 3.8) is 0 Å². The first-order valence-electron chi connectivity index (χ1n) is 12.9. The highest BCUT2D eigenvalue weighted by molar-refractivity contribution is 6.22. The van der Waals surface area contributed by atoms with E-state index in [0.717, 1.165) is 18.9 Å². The molecule has 3 aliphatic carbocycles. The minimum atomic E-state index is -2.72. The average molecular weight is 560 g/mol. The van der Waals surface area contributed by atoms with E-state index in [1.165, 1.54) is 0 Å². The fourth-order valence-electron chi connectivity index (χ4n) is 6.60. The third kappa shape index (κ3) is 4.16. The molecule has 0 bridgehead atoms. The van der Waals surface area contributed by atoms with Gasteiger partial charge in [0.25, 0.3) is 5.91 Å². The molecule has 40 heavy (non-hydrogen) atoms. The topological polar surface area (TPSA) is 200 Å². The van der Waals surface area contributed by atoms with Crippen molar-refractivity contribution in [2.45, 2.75) is 43.7 Å². The summed E-state index contributed by atoms with van der Waals surface area (Å²) in [7, 11) is 1.56. The molecule has 2 amide bonds. The van der Waals surface area contributed by atoms with Crippen molar-refractivity contribution in [2.75, 3.05) is 32.1 Å². The molecule has 1 aliphatic heterocycles. The van der Waals surface area contributed by atoms with Gasteiger partial charge < -0.3 is 36.2 Å². The number of likely N-dealkylation sites (tertiary alicyclic amines) is 1. The normalized spacial score (nSPS) is 28.3. The Bertz CT molecular complexity index is 1400. The number of anilines is 1. The van der Waals surface area contributed by atoms with Crippen molar-refractivity contribution in [2.24, 2.45) is 17.6 Å². The van der Waals surface area contributed by atoms with Crippen LogP contribution in [0.15, 0.2) is 23.0 Å². The fraction of sp³-hybridized carbons (Fsp3) is 0.481. The summed E-state index contributed by atoms with van der Waals surface area (Å²) in [5.74, 6) is -9.45. The smallest absolute Gasteiger partial charge is 0.255 e. The zero-order valence-corrected chi connectivity index (χ0v) is 21.7. The van der Waals surface area contributed by atoms with E-state index in [4.69, 9.17) is 10.5 Å². The monoisotopic (exact) mass is 559 g/mol. The van der Waals surface area contributed by atoms with Gasteiger partial charge in [-0.05, 0) is 38.1 Å². The molecule has 1 heterocycles. The maximum atomic E-state index is 15.3. The number of phenolic OH excluding ortho intramolecular Hbond substituents is 1. The molecule has 0 spiro atoms. The molecule has 4 aliphatic rings. The van der Waals surface area contributed by atoms with Crippen LogP contribution in [0.3, 0.4) is 0 Å². The van der Waals surface area contributed by atoms with Gasteiger partial charge in [-0.25, -0.2) is 4.39 Å². The standard InChI is InChI=1S/C27H30FN3O9/c1-40-10-13-3-2-4-31(13)9-18(33)30-16-8-15(28)14-6-11-5-12-7-17(32)21(26(29)38)25(37)27(12,39)24(36)19(11)23(35)20(14)22(16)34/h8,11-13,34-35,37,39H,2-7,9-10H2,1H3,(H2,29,38)(H,30,33)/t11?,12-,13-,27-/m0/s1. The van der Waals surface area contributed by atoms with Crippen LogP contribution in [0.25, 0.3) is 5.76 Å². The highest BCUT2D eigenvalue weighted by Gasteiger charge is 2.60. The van der Waals surface area contributed by atoms with Gasteiger partial charge in [0.05, 0.1) is 24.4 Å². The zero-order chi connectivity index (χ0) is 29.1. The number of methoxy groups -OCH3 is 1. The number of phenols is 1. The highest BCUT2D eigenvalue weighted by Crippen LogP contribution is 2.53. The van der Waals surface area contributed by atoms with Crippen LogP contribution in [0.5, 0.6) is 5.75 Å². The van der Waals surface area contributed by atoms with Gasteiger partial charge in [0.15, 0.2) is 17.1 Å². The number of fused-ring (bicyclic) bond motifs is 3. The number of hydrogen-bond donors (Lipinski definition) is 6. The van der Waals surface area contributed by atoms with Crippen molar-refractivity contribution < 1.29 is 48.7 Å². The second-order valence-electron chi connectivity index (χ2n) is 10.8. The minimum absolute atomic E-state index is 0.0397. The van der Waals surface area contributed by atoms with E-state index in [1.54, 1.807) is 7.11 Å². The van der Waals surface area contributed by atoms with Crippen molar-refractivity contribution >= 4 is 34.8 Å². The molecular weight excluding hydrogens is 529 g/mol. The van der Waals surface area contributed by atoms with Gasteiger partial charge in [0.1, 0.15) is 22.9 Å². The fourth-order valence-corrected chi connectivity index (χ4v) is 6.60. The number of ketones is 2. The quantitative estimate of drug-likeness (QED) is 0.212. The van der Waals surface area contributed by atoms with Gasteiger partial charge in [0.2, 0.25) is 11.7 Å². The Hall–Kier alpha value is -3.81. The number of aromatic hydroxyl groups is 1. The Morgan fingerprint density at radius 2 is 1.98 bits per heavy atom. The number of benzene rings is 1. The number of hydrogen-bond acceptors (Lipinski definition) is 10. The maximum absolute atomic E-state index is 15.3. The molecule has 7 N–H and O–H groups in total. The molecule has 12 nitrogen and oxygen atoms in total. The summed E-state index contributed by atoms with van der Waals surface area (Å²) in [6.07, 6.45) is 0.977. The number of halogens is 1. The molecule has 5 rings (SSSR count). The lowest BCUT2D eigenvalue weighted by Gasteiger charge is -2.46. The lowest BCUT2D eigenvalue weighted by Crippen LogP contribution is -2.58. The summed E-state index contributed by atoms with van der Waals surface area (Å²) < 4.78 is 20.5. The Balaban J connectivity index is 1.50. The zero-order valence-electron chi connectivity index (χ0n) is 21.7. The van der Waals surface area contributed by atoms with E-state index >= 15 is 4.39 Å². The Morgan fingerprint density at radius 1 is 1.25 bits per heavy atom. The predicted octanol–water partition coefficient (Wildman–Crippen LogP) is 0.612. The third-order valence-electron chi connectivity index (χ3n) is 8.49. The van der Waals surface area contributed by atoms with Gasteiger partial charge in [-0.2, -0.15) is 0 Å². The van der Waals surface area contributed by atoms with Crippen molar-refractivity contribution in [3.8, 4) is 5.75 Å². The van der Waals surface area contributed by atoms with Crippen LogP contribution in [0, 0.1) is 17.7 Å². The van der Waals surface area contributed by atoms with Crippen LogP contribution < -0.4 is 11.1 Å². The van der Waals surface area contributed by atoms with Crippen LogP contribution in [-0.4, -0.2) is 87.2 Å². The molecule has 1 aromatic rings. The molecular formula is C27H30FN3O9. The summed E-state index contributed by atoms with van der Waals surface area (Å²) in [4.78, 5) is 52.4. The van der Waals surface area contributed by atoms with Crippen LogP contribution >= 0.6 is 0 Å². The van der Waals surface area contributed by atoms with Crippen LogP contribution in [-0.2, 0) is 30.3 Å². The third-order valence-corrected chi connectivity index (χ3v) is 8.49. The first kappa shape index (κ1) is 27.7. The van der Waals surface area contributed by atoms with Crippen LogP contribution in [0.2, 0.25) is 0 Å². The summed E-state index contributed by atoms with van der Waals surface area (Å²) in [5.41, 5.74) is 0.309. The molecule has 1 saturated carbocycles. The van der Waals surface area contributed by atoms with Gasteiger partial charge >= 0.3 is 0 Å². The van der Waals surface area contributed by atoms with E-state index in [-0.39, 0.29) is 36.7 Å². The Kier molecular flexibility index (Phi) is 6.92. The molecule has 13 heteroatoms. The number of aliphatic hydroxyl groups is 3. The lowest BCUT2D eigenvalue weighted by atomic mass is 9.59. The first-order valence-corrected chi connectivity index (χ1v) is 12.9. The molecule has 1 saturated heterocycles. The number of primary amides is 1. The maximum Gasteiger partial charge on any atom is 0.255 e. The van der Waals surface area contributed by atoms with Gasteiger partial charge in [-0.3, -0.25) is 24.1 Å². The van der Waals surface area contributed by atoms with E-state index in [0.29, 0.717) is 13.2 Å². The number of amides is 2. The van der Waals surface area contributed by atoms with E-state index < -0.39 is 87.0 Å². The number of ether oxygens (including phenoxy) is 1. The number of Topliss-reactive ketones (excluding diaryl/α,β-unsaturated/α-hetero) is 2. The Morgan fingerprint density at radius 3 is 2.65 bits per heavy atom. The lowest BCUT2D eigenvalue weighted by molar-refractivity contribution is -0.147. The Labute approximate surface area is 227 Å². The van der Waals surface area contributed by atoms with Crippen molar-refractivity contribution in [1.82, 2.24) is 4.90 Å². The number of nitrogens with one attached hydrogen (secondary N) is 1. The molecule has 1 unspecified atom stereocenters. The molecule has 1 aromatic carbocycles. The first-order chi connectivity index (χ1) is 18.9. The number of rotatable bonds is 6. The predicted molar refractivity (Wildman–Crippen MR) is 136 cm³/mol. The molecule has 0 radical (unpaired) electrons. The number of nitrogens with two attached hydrogens (primary N) is 1. The number of nitrogens with zero attached hydrogens (tertiary/aromatic N) is 1. The van der Waals surface area contributed by atoms with Crippen molar-refractivity contribution in [3.05, 3.63) is 39.9 Å². The summed E-state index contributed by atoms with van der Waals surface area (Å²) in [6, 6.07) is 0.970. The summed E-state index contributed by atoms with van der Waals surface area (Å²) in [6.45, 7) is 1.06. The van der Waals surface area contributed by atoms with Gasteiger partial charge in [0, 0.05) is 42.7 Å². The number of carbonyl (C=O) groups is 4. The second-order valence-corrected chi connectivity index (χ2v) is 10.8. The second kappa shape index (κ2) is 9.98. The molecule has 4 atom stereocenters. The molecule has 214 valence electrons. The van der Waals surface area contributed by atoms with E-state index in [2.05, 4.69) is 5.32 Å². The molecule has 0 aromatic heterocycles.